The van der Waals surface area contributed by atoms with E-state index in [9.17, 15) is 9.18 Å². The molecule has 1 aliphatic heterocycles. The van der Waals surface area contributed by atoms with Crippen LogP contribution in [-0.4, -0.2) is 29.9 Å². The van der Waals surface area contributed by atoms with Crippen LogP contribution in [0.25, 0.3) is 0 Å². The van der Waals surface area contributed by atoms with Crippen LogP contribution in [0.15, 0.2) is 18.2 Å². The van der Waals surface area contributed by atoms with Crippen LogP contribution in [0, 0.1) is 11.7 Å². The molecule has 2 unspecified atom stereocenters. The molecule has 0 aliphatic carbocycles. The number of hydrogen-bond donors (Lipinski definition) is 1. The van der Waals surface area contributed by atoms with Crippen LogP contribution < -0.4 is 5.73 Å². The minimum atomic E-state index is -0.530. The van der Waals surface area contributed by atoms with Crippen LogP contribution in [0.4, 0.5) is 4.39 Å². The van der Waals surface area contributed by atoms with Crippen LogP contribution in [0.1, 0.15) is 30.1 Å². The Bertz CT molecular complexity index is 482. The molecule has 1 aromatic rings. The molecule has 20 heavy (non-hydrogen) atoms. The third kappa shape index (κ3) is 3.84. The van der Waals surface area contributed by atoms with Crippen molar-refractivity contribution in [1.29, 1.82) is 0 Å². The van der Waals surface area contributed by atoms with Gasteiger partial charge in [-0.2, -0.15) is 0 Å². The van der Waals surface area contributed by atoms with Crippen LogP contribution in [-0.2, 0) is 0 Å². The van der Waals surface area contributed by atoms with Gasteiger partial charge in [0.05, 0.1) is 5.56 Å². The fraction of sp³-hybridized carbons (Fsp3) is 0.500. The van der Waals surface area contributed by atoms with Crippen molar-refractivity contribution in [3.05, 3.63) is 34.6 Å². The molecule has 0 aromatic heterocycles. The number of carbonyl (C=O) groups is 1. The second kappa shape index (κ2) is 7.25. The predicted molar refractivity (Wildman–Crippen MR) is 80.9 cm³/mol. The molecule has 1 amide bonds. The Labute approximate surface area is 129 Å². The van der Waals surface area contributed by atoms with Gasteiger partial charge in [0.2, 0.25) is 0 Å². The maximum absolute atomic E-state index is 13.7. The minimum Gasteiger partial charge on any atom is -0.338 e. The van der Waals surface area contributed by atoms with Gasteiger partial charge in [-0.25, -0.2) is 4.39 Å². The lowest BCUT2D eigenvalue weighted by Crippen LogP contribution is -2.45. The molecule has 2 atom stereocenters. The molecule has 0 radical (unpaired) electrons. The lowest BCUT2D eigenvalue weighted by molar-refractivity contribution is 0.0656. The monoisotopic (exact) mass is 320 g/mol. The number of halogens is 3. The fourth-order valence-electron chi connectivity index (χ4n) is 2.46. The van der Waals surface area contributed by atoms with E-state index in [0.717, 1.165) is 12.8 Å². The summed E-state index contributed by atoms with van der Waals surface area (Å²) in [5.74, 6) is -0.553. The SMILES string of the molecule is CC(N)C1CCCN(C(=O)c2cc(Cl)ccc2F)C1.Cl. The van der Waals surface area contributed by atoms with Crippen molar-refractivity contribution in [3.8, 4) is 0 Å². The summed E-state index contributed by atoms with van der Waals surface area (Å²) in [6.45, 7) is 3.18. The molecular formula is C14H19Cl2FN2O. The molecular weight excluding hydrogens is 302 g/mol. The molecule has 0 bridgehead atoms. The van der Waals surface area contributed by atoms with Gasteiger partial charge in [0.15, 0.2) is 0 Å². The fourth-order valence-corrected chi connectivity index (χ4v) is 2.63. The quantitative estimate of drug-likeness (QED) is 0.910. The highest BCUT2D eigenvalue weighted by Gasteiger charge is 2.27. The number of nitrogens with two attached hydrogens (primary N) is 1. The van der Waals surface area contributed by atoms with Crippen LogP contribution in [0.3, 0.4) is 0 Å². The van der Waals surface area contributed by atoms with E-state index in [1.807, 2.05) is 6.92 Å². The summed E-state index contributed by atoms with van der Waals surface area (Å²) in [7, 11) is 0. The van der Waals surface area contributed by atoms with Crippen LogP contribution >= 0.6 is 24.0 Å². The highest BCUT2D eigenvalue weighted by molar-refractivity contribution is 6.31. The number of benzene rings is 1. The van der Waals surface area contributed by atoms with Gasteiger partial charge in [-0.15, -0.1) is 12.4 Å². The summed E-state index contributed by atoms with van der Waals surface area (Å²) in [6, 6.07) is 4.09. The molecule has 2 N–H and O–H groups in total. The first kappa shape index (κ1) is 17.2. The van der Waals surface area contributed by atoms with Gasteiger partial charge in [-0.05, 0) is 43.9 Å². The smallest absolute Gasteiger partial charge is 0.256 e. The highest BCUT2D eigenvalue weighted by atomic mass is 35.5. The zero-order chi connectivity index (χ0) is 14.0. The van der Waals surface area contributed by atoms with E-state index in [1.165, 1.54) is 18.2 Å². The highest BCUT2D eigenvalue weighted by Crippen LogP contribution is 2.22. The Morgan fingerprint density at radius 1 is 1.55 bits per heavy atom. The van der Waals surface area contributed by atoms with Gasteiger partial charge >= 0.3 is 0 Å². The molecule has 112 valence electrons. The van der Waals surface area contributed by atoms with Gasteiger partial charge in [-0.3, -0.25) is 4.79 Å². The number of piperidine rings is 1. The summed E-state index contributed by atoms with van der Waals surface area (Å²) < 4.78 is 13.7. The van der Waals surface area contributed by atoms with E-state index in [2.05, 4.69) is 0 Å². The summed E-state index contributed by atoms with van der Waals surface area (Å²) in [4.78, 5) is 14.0. The maximum Gasteiger partial charge on any atom is 0.256 e. The summed E-state index contributed by atoms with van der Waals surface area (Å²) in [6.07, 6.45) is 1.92. The second-order valence-corrected chi connectivity index (χ2v) is 5.57. The summed E-state index contributed by atoms with van der Waals surface area (Å²) >= 11 is 5.82. The van der Waals surface area contributed by atoms with E-state index >= 15 is 0 Å². The van der Waals surface area contributed by atoms with Crippen molar-refractivity contribution < 1.29 is 9.18 Å². The Hall–Kier alpha value is -0.840. The molecule has 2 rings (SSSR count). The number of hydrogen-bond acceptors (Lipinski definition) is 2. The summed E-state index contributed by atoms with van der Waals surface area (Å²) in [5.41, 5.74) is 5.93. The lowest BCUT2D eigenvalue weighted by Gasteiger charge is -2.34. The zero-order valence-corrected chi connectivity index (χ0v) is 12.9. The third-order valence-corrected chi connectivity index (χ3v) is 3.88. The first-order valence-electron chi connectivity index (χ1n) is 6.49. The number of amides is 1. The molecule has 3 nitrogen and oxygen atoms in total. The second-order valence-electron chi connectivity index (χ2n) is 5.14. The number of nitrogens with zero attached hydrogens (tertiary/aromatic N) is 1. The first-order chi connectivity index (χ1) is 8.99. The minimum absolute atomic E-state index is 0. The van der Waals surface area contributed by atoms with E-state index in [1.54, 1.807) is 4.90 Å². The summed E-state index contributed by atoms with van der Waals surface area (Å²) in [5, 5.41) is 0.366. The molecule has 1 fully saturated rings. The molecule has 6 heteroatoms. The van der Waals surface area contributed by atoms with Crippen LogP contribution in [0.2, 0.25) is 5.02 Å². The standard InChI is InChI=1S/C14H18ClFN2O.ClH/c1-9(17)10-3-2-6-18(8-10)14(19)12-7-11(15)4-5-13(12)16;/h4-5,7,9-10H,2-3,6,8,17H2,1H3;1H. The number of carbonyl (C=O) groups excluding carboxylic acids is 1. The van der Waals surface area contributed by atoms with Crippen molar-refractivity contribution in [1.82, 2.24) is 4.90 Å². The normalized spacial score (nSPS) is 20.2. The maximum atomic E-state index is 13.7. The molecule has 1 aromatic carbocycles. The molecule has 1 saturated heterocycles. The number of likely N-dealkylation sites (tertiary alicyclic amines) is 1. The Morgan fingerprint density at radius 3 is 2.90 bits per heavy atom. The zero-order valence-electron chi connectivity index (χ0n) is 11.3. The van der Waals surface area contributed by atoms with Gasteiger partial charge in [0, 0.05) is 24.2 Å². The average Bonchev–Trinajstić information content (AvgIpc) is 2.41. The topological polar surface area (TPSA) is 46.3 Å². The number of rotatable bonds is 2. The molecule has 1 heterocycles. The van der Waals surface area contributed by atoms with E-state index in [4.69, 9.17) is 17.3 Å². The van der Waals surface area contributed by atoms with Crippen molar-refractivity contribution >= 4 is 29.9 Å². The Balaban J connectivity index is 0.00000200. The molecule has 0 saturated carbocycles. The largest absolute Gasteiger partial charge is 0.338 e. The predicted octanol–water partition coefficient (Wildman–Crippen LogP) is 3.10. The van der Waals surface area contributed by atoms with Crippen molar-refractivity contribution in [3.63, 3.8) is 0 Å². The molecule has 0 spiro atoms. The van der Waals surface area contributed by atoms with E-state index in [0.29, 0.717) is 18.1 Å². The van der Waals surface area contributed by atoms with E-state index < -0.39 is 5.82 Å². The van der Waals surface area contributed by atoms with Gasteiger partial charge in [0.1, 0.15) is 5.82 Å². The van der Waals surface area contributed by atoms with E-state index in [-0.39, 0.29) is 35.8 Å². The van der Waals surface area contributed by atoms with Crippen molar-refractivity contribution in [2.24, 2.45) is 11.7 Å². The van der Waals surface area contributed by atoms with Gasteiger partial charge in [0.25, 0.3) is 5.91 Å². The van der Waals surface area contributed by atoms with Gasteiger partial charge in [-0.1, -0.05) is 11.6 Å². The molecule has 1 aliphatic rings. The van der Waals surface area contributed by atoms with Crippen molar-refractivity contribution in [2.45, 2.75) is 25.8 Å². The first-order valence-corrected chi connectivity index (χ1v) is 6.86. The Morgan fingerprint density at radius 2 is 2.25 bits per heavy atom. The lowest BCUT2D eigenvalue weighted by atomic mass is 9.92. The van der Waals surface area contributed by atoms with Crippen molar-refractivity contribution in [2.75, 3.05) is 13.1 Å². The third-order valence-electron chi connectivity index (χ3n) is 3.65. The Kier molecular flexibility index (Phi) is 6.24. The van der Waals surface area contributed by atoms with Crippen LogP contribution in [0.5, 0.6) is 0 Å². The van der Waals surface area contributed by atoms with Gasteiger partial charge < -0.3 is 10.6 Å². The average molecular weight is 321 g/mol.